The second kappa shape index (κ2) is 7.57. The lowest BCUT2D eigenvalue weighted by Crippen LogP contribution is -2.45. The lowest BCUT2D eigenvalue weighted by Gasteiger charge is -2.47. The molecule has 126 valence electrons. The van der Waals surface area contributed by atoms with E-state index in [1.807, 2.05) is 11.6 Å². The molecule has 2 rings (SSSR count). The first-order valence-electron chi connectivity index (χ1n) is 8.49. The van der Waals surface area contributed by atoms with Gasteiger partial charge in [-0.3, -0.25) is 4.68 Å². The summed E-state index contributed by atoms with van der Waals surface area (Å²) < 4.78 is 1.89. The molecule has 1 aliphatic rings. The van der Waals surface area contributed by atoms with E-state index >= 15 is 0 Å². The highest BCUT2D eigenvalue weighted by atomic mass is 16.3. The van der Waals surface area contributed by atoms with Crippen LogP contribution in [0.1, 0.15) is 49.6 Å². The number of nitrogens with zero attached hydrogens (tertiary/aromatic N) is 2. The summed E-state index contributed by atoms with van der Waals surface area (Å²) in [5.74, 6) is 0.568. The van der Waals surface area contributed by atoms with Gasteiger partial charge in [0.05, 0.1) is 18.8 Å². The molecule has 1 saturated carbocycles. The van der Waals surface area contributed by atoms with Crippen LogP contribution >= 0.6 is 0 Å². The molecule has 1 atom stereocenters. The Kier molecular flexibility index (Phi) is 6.01. The summed E-state index contributed by atoms with van der Waals surface area (Å²) in [6.45, 7) is 9.18. The van der Waals surface area contributed by atoms with E-state index < -0.39 is 0 Å². The lowest BCUT2D eigenvalue weighted by molar-refractivity contribution is 0.0427. The number of nitrogens with one attached hydrogen (secondary N) is 1. The SMILES string of the molecule is Cc1nn(CCO)c(C)c1CNCC1([C@H](C)CCO)CCC1. The van der Waals surface area contributed by atoms with E-state index in [9.17, 15) is 5.11 Å². The topological polar surface area (TPSA) is 70.3 Å². The summed E-state index contributed by atoms with van der Waals surface area (Å²) in [5, 5.41) is 26.4. The Morgan fingerprint density at radius 1 is 1.27 bits per heavy atom. The fourth-order valence-electron chi connectivity index (χ4n) is 3.71. The molecule has 5 nitrogen and oxygen atoms in total. The van der Waals surface area contributed by atoms with Crippen LogP contribution in [0.2, 0.25) is 0 Å². The highest BCUT2D eigenvalue weighted by molar-refractivity contribution is 5.24. The fraction of sp³-hybridized carbons (Fsp3) is 0.824. The Morgan fingerprint density at radius 3 is 2.55 bits per heavy atom. The van der Waals surface area contributed by atoms with Gasteiger partial charge in [-0.2, -0.15) is 5.10 Å². The van der Waals surface area contributed by atoms with Gasteiger partial charge in [0.2, 0.25) is 0 Å². The van der Waals surface area contributed by atoms with Crippen LogP contribution in [0.4, 0.5) is 0 Å². The van der Waals surface area contributed by atoms with Gasteiger partial charge in [-0.1, -0.05) is 13.3 Å². The van der Waals surface area contributed by atoms with Crippen molar-refractivity contribution in [3.05, 3.63) is 17.0 Å². The van der Waals surface area contributed by atoms with Crippen LogP contribution in [0, 0.1) is 25.2 Å². The molecule has 3 N–H and O–H groups in total. The molecule has 0 unspecified atom stereocenters. The highest BCUT2D eigenvalue weighted by Gasteiger charge is 2.40. The second-order valence-electron chi connectivity index (χ2n) is 6.83. The first kappa shape index (κ1) is 17.4. The van der Waals surface area contributed by atoms with Gasteiger partial charge in [0, 0.05) is 31.0 Å². The maximum atomic E-state index is 9.20. The molecule has 22 heavy (non-hydrogen) atoms. The zero-order valence-corrected chi connectivity index (χ0v) is 14.2. The van der Waals surface area contributed by atoms with E-state index in [1.54, 1.807) is 0 Å². The molecule has 0 aromatic carbocycles. The van der Waals surface area contributed by atoms with Crippen molar-refractivity contribution in [3.8, 4) is 0 Å². The minimum atomic E-state index is 0.122. The molecule has 1 aromatic rings. The second-order valence-corrected chi connectivity index (χ2v) is 6.83. The van der Waals surface area contributed by atoms with Crippen molar-refractivity contribution in [1.29, 1.82) is 0 Å². The van der Waals surface area contributed by atoms with Gasteiger partial charge in [-0.25, -0.2) is 0 Å². The van der Waals surface area contributed by atoms with E-state index in [1.165, 1.54) is 24.8 Å². The monoisotopic (exact) mass is 309 g/mol. The molecule has 0 saturated heterocycles. The summed E-state index contributed by atoms with van der Waals surface area (Å²) in [6, 6.07) is 0. The van der Waals surface area contributed by atoms with Crippen LogP contribution in [-0.2, 0) is 13.1 Å². The predicted molar refractivity (Wildman–Crippen MR) is 87.6 cm³/mol. The number of hydrogen-bond acceptors (Lipinski definition) is 4. The molecule has 0 aliphatic heterocycles. The number of hydrogen-bond donors (Lipinski definition) is 3. The molecule has 5 heteroatoms. The summed E-state index contributed by atoms with van der Waals surface area (Å²) in [7, 11) is 0. The minimum absolute atomic E-state index is 0.122. The van der Waals surface area contributed by atoms with Crippen molar-refractivity contribution in [1.82, 2.24) is 15.1 Å². The first-order chi connectivity index (χ1) is 10.5. The number of aliphatic hydroxyl groups is 2. The Hall–Kier alpha value is -0.910. The molecule has 1 aromatic heterocycles. The van der Waals surface area contributed by atoms with Crippen molar-refractivity contribution in [2.45, 2.75) is 59.5 Å². The van der Waals surface area contributed by atoms with Gasteiger partial charge >= 0.3 is 0 Å². The van der Waals surface area contributed by atoms with Gasteiger partial charge in [-0.15, -0.1) is 0 Å². The van der Waals surface area contributed by atoms with E-state index in [2.05, 4.69) is 24.3 Å². The Balaban J connectivity index is 1.93. The summed E-state index contributed by atoms with van der Waals surface area (Å²) in [5.41, 5.74) is 3.80. The summed E-state index contributed by atoms with van der Waals surface area (Å²) in [6.07, 6.45) is 4.74. The van der Waals surface area contributed by atoms with Crippen molar-refractivity contribution < 1.29 is 10.2 Å². The van der Waals surface area contributed by atoms with Crippen LogP contribution in [0.5, 0.6) is 0 Å². The van der Waals surface area contributed by atoms with Crippen LogP contribution < -0.4 is 5.32 Å². The third-order valence-corrected chi connectivity index (χ3v) is 5.58. The number of rotatable bonds is 9. The molecular formula is C17H31N3O2. The van der Waals surface area contributed by atoms with Crippen molar-refractivity contribution in [3.63, 3.8) is 0 Å². The molecule has 1 heterocycles. The van der Waals surface area contributed by atoms with Gasteiger partial charge < -0.3 is 15.5 Å². The maximum Gasteiger partial charge on any atom is 0.0644 e. The molecule has 0 spiro atoms. The zero-order chi connectivity index (χ0) is 16.2. The number of aryl methyl sites for hydroxylation is 1. The van der Waals surface area contributed by atoms with Crippen molar-refractivity contribution >= 4 is 0 Å². The molecule has 1 aliphatic carbocycles. The third-order valence-electron chi connectivity index (χ3n) is 5.58. The number of aromatic nitrogens is 2. The quantitative estimate of drug-likeness (QED) is 0.650. The van der Waals surface area contributed by atoms with Gasteiger partial charge in [0.15, 0.2) is 0 Å². The molecule has 0 radical (unpaired) electrons. The molecule has 0 bridgehead atoms. The zero-order valence-electron chi connectivity index (χ0n) is 14.2. The van der Waals surface area contributed by atoms with E-state index in [0.717, 1.165) is 30.9 Å². The summed E-state index contributed by atoms with van der Waals surface area (Å²) >= 11 is 0. The van der Waals surface area contributed by atoms with Crippen LogP contribution in [0.25, 0.3) is 0 Å². The summed E-state index contributed by atoms with van der Waals surface area (Å²) in [4.78, 5) is 0. The largest absolute Gasteiger partial charge is 0.396 e. The van der Waals surface area contributed by atoms with E-state index in [0.29, 0.717) is 17.9 Å². The predicted octanol–water partition coefficient (Wildman–Crippen LogP) is 1.77. The van der Waals surface area contributed by atoms with Crippen LogP contribution in [0.3, 0.4) is 0 Å². The fourth-order valence-corrected chi connectivity index (χ4v) is 3.71. The van der Waals surface area contributed by atoms with Gasteiger partial charge in [-0.05, 0) is 44.4 Å². The third kappa shape index (κ3) is 3.53. The Labute approximate surface area is 133 Å². The van der Waals surface area contributed by atoms with E-state index in [4.69, 9.17) is 5.11 Å². The molecular weight excluding hydrogens is 278 g/mol. The Morgan fingerprint density at radius 2 is 2.00 bits per heavy atom. The van der Waals surface area contributed by atoms with Crippen LogP contribution in [0.15, 0.2) is 0 Å². The van der Waals surface area contributed by atoms with Crippen LogP contribution in [-0.4, -0.2) is 39.8 Å². The number of aliphatic hydroxyl groups excluding tert-OH is 2. The lowest BCUT2D eigenvalue weighted by atomic mass is 9.60. The standard InChI is InChI=1S/C17H31N3O2/c1-13(5-9-21)17(6-4-7-17)12-18-11-16-14(2)19-20(8-10-22)15(16)3/h13,18,21-22H,4-12H2,1-3H3/t13-/m1/s1. The van der Waals surface area contributed by atoms with Gasteiger partial charge in [0.25, 0.3) is 0 Å². The Bertz CT molecular complexity index is 480. The highest BCUT2D eigenvalue weighted by Crippen LogP contribution is 2.47. The van der Waals surface area contributed by atoms with Crippen molar-refractivity contribution in [2.24, 2.45) is 11.3 Å². The molecule has 0 amide bonds. The van der Waals surface area contributed by atoms with Crippen molar-refractivity contribution in [2.75, 3.05) is 19.8 Å². The average molecular weight is 309 g/mol. The van der Waals surface area contributed by atoms with E-state index in [-0.39, 0.29) is 13.2 Å². The average Bonchev–Trinajstić information content (AvgIpc) is 2.69. The molecule has 1 fully saturated rings. The maximum absolute atomic E-state index is 9.20. The minimum Gasteiger partial charge on any atom is -0.396 e. The first-order valence-corrected chi connectivity index (χ1v) is 8.49. The smallest absolute Gasteiger partial charge is 0.0644 e. The normalized spacial score (nSPS) is 18.2. The van der Waals surface area contributed by atoms with Gasteiger partial charge in [0.1, 0.15) is 0 Å².